The summed E-state index contributed by atoms with van der Waals surface area (Å²) in [6, 6.07) is 7.89. The molecule has 1 heterocycles. The topological polar surface area (TPSA) is 105 Å². The molecule has 1 unspecified atom stereocenters. The van der Waals surface area contributed by atoms with Crippen LogP contribution in [0.5, 0.6) is 0 Å². The normalized spacial score (nSPS) is 22.2. The van der Waals surface area contributed by atoms with Gasteiger partial charge in [0, 0.05) is 13.5 Å². The van der Waals surface area contributed by atoms with Crippen LogP contribution >= 0.6 is 0 Å². The highest BCUT2D eigenvalue weighted by Crippen LogP contribution is 2.35. The van der Waals surface area contributed by atoms with Crippen molar-refractivity contribution in [2.24, 2.45) is 5.41 Å². The number of ether oxygens (including phenoxy) is 2. The second-order valence-electron chi connectivity index (χ2n) is 7.63. The average molecular weight is 378 g/mol. The zero-order valence-corrected chi connectivity index (χ0v) is 16.0. The number of amides is 2. The SMILES string of the molecule is CC(=O)O[C@H]1C(C(C)(C)C)N(C(=O)O)C[C@H]1NC(=O)OCc1ccccc1. The Bertz CT molecular complexity index is 685. The lowest BCUT2D eigenvalue weighted by molar-refractivity contribution is -0.150. The van der Waals surface area contributed by atoms with Crippen molar-refractivity contribution in [3.8, 4) is 0 Å². The van der Waals surface area contributed by atoms with Crippen LogP contribution < -0.4 is 5.32 Å². The summed E-state index contributed by atoms with van der Waals surface area (Å²) >= 11 is 0. The van der Waals surface area contributed by atoms with Crippen LogP contribution in [0.1, 0.15) is 33.3 Å². The van der Waals surface area contributed by atoms with Crippen LogP contribution in [-0.2, 0) is 20.9 Å². The molecule has 3 atom stereocenters. The van der Waals surface area contributed by atoms with Gasteiger partial charge in [0.05, 0.1) is 12.1 Å². The molecule has 2 rings (SSSR count). The third-order valence-electron chi connectivity index (χ3n) is 4.39. The minimum Gasteiger partial charge on any atom is -0.465 e. The van der Waals surface area contributed by atoms with E-state index in [1.165, 1.54) is 11.8 Å². The van der Waals surface area contributed by atoms with Crippen molar-refractivity contribution in [1.29, 1.82) is 0 Å². The zero-order chi connectivity index (χ0) is 20.2. The van der Waals surface area contributed by atoms with Crippen molar-refractivity contribution in [3.63, 3.8) is 0 Å². The lowest BCUT2D eigenvalue weighted by Gasteiger charge is -2.36. The average Bonchev–Trinajstić information content (AvgIpc) is 2.92. The van der Waals surface area contributed by atoms with E-state index in [1.807, 2.05) is 51.1 Å². The van der Waals surface area contributed by atoms with Gasteiger partial charge in [-0.2, -0.15) is 0 Å². The van der Waals surface area contributed by atoms with Gasteiger partial charge in [0.2, 0.25) is 0 Å². The summed E-state index contributed by atoms with van der Waals surface area (Å²) in [5.41, 5.74) is 0.332. The molecular formula is C19H26N2O6. The van der Waals surface area contributed by atoms with Crippen LogP contribution in [0.3, 0.4) is 0 Å². The second-order valence-corrected chi connectivity index (χ2v) is 7.63. The number of likely N-dealkylation sites (tertiary alicyclic amines) is 1. The standard InChI is InChI=1S/C19H26N2O6/c1-12(22)27-15-14(10-21(18(24)25)16(15)19(2,3)4)20-17(23)26-11-13-8-6-5-7-9-13/h5-9,14-16H,10-11H2,1-4H3,(H,20,23)(H,24,25)/t14-,15-,16?/m1/s1. The maximum Gasteiger partial charge on any atom is 0.407 e. The monoisotopic (exact) mass is 378 g/mol. The van der Waals surface area contributed by atoms with Crippen molar-refractivity contribution in [2.45, 2.75) is 52.5 Å². The lowest BCUT2D eigenvalue weighted by atomic mass is 9.83. The summed E-state index contributed by atoms with van der Waals surface area (Å²) in [7, 11) is 0. The van der Waals surface area contributed by atoms with E-state index in [1.54, 1.807) is 0 Å². The maximum atomic E-state index is 12.2. The summed E-state index contributed by atoms with van der Waals surface area (Å²) in [4.78, 5) is 36.6. The number of carboxylic acid groups (broad SMARTS) is 1. The lowest BCUT2D eigenvalue weighted by Crippen LogP contribution is -2.51. The largest absolute Gasteiger partial charge is 0.465 e. The summed E-state index contributed by atoms with van der Waals surface area (Å²) in [6.07, 6.45) is -2.63. The molecule has 1 aromatic carbocycles. The number of nitrogens with zero attached hydrogens (tertiary/aromatic N) is 1. The van der Waals surface area contributed by atoms with Crippen LogP contribution in [0.2, 0.25) is 0 Å². The van der Waals surface area contributed by atoms with E-state index in [0.717, 1.165) is 5.56 Å². The third kappa shape index (κ3) is 5.35. The van der Waals surface area contributed by atoms with Crippen LogP contribution in [0.15, 0.2) is 30.3 Å². The Morgan fingerprint density at radius 1 is 1.22 bits per heavy atom. The predicted molar refractivity (Wildman–Crippen MR) is 97.1 cm³/mol. The van der Waals surface area contributed by atoms with Gasteiger partial charge in [-0.05, 0) is 11.0 Å². The Hall–Kier alpha value is -2.77. The van der Waals surface area contributed by atoms with Gasteiger partial charge in [0.25, 0.3) is 0 Å². The zero-order valence-electron chi connectivity index (χ0n) is 16.0. The molecule has 1 aliphatic heterocycles. The molecule has 8 nitrogen and oxygen atoms in total. The van der Waals surface area contributed by atoms with Gasteiger partial charge in [0.1, 0.15) is 12.7 Å². The van der Waals surface area contributed by atoms with Gasteiger partial charge >= 0.3 is 18.2 Å². The highest BCUT2D eigenvalue weighted by Gasteiger charge is 2.52. The third-order valence-corrected chi connectivity index (χ3v) is 4.39. The Kier molecular flexibility index (Phi) is 6.30. The predicted octanol–water partition coefficient (Wildman–Crippen LogP) is 2.62. The first-order valence-electron chi connectivity index (χ1n) is 8.73. The molecule has 2 N–H and O–H groups in total. The Labute approximate surface area is 158 Å². The van der Waals surface area contributed by atoms with Crippen LogP contribution in [0.25, 0.3) is 0 Å². The van der Waals surface area contributed by atoms with E-state index < -0.39 is 41.8 Å². The maximum absolute atomic E-state index is 12.2. The molecule has 8 heteroatoms. The van der Waals surface area contributed by atoms with E-state index in [2.05, 4.69) is 5.32 Å². The fourth-order valence-electron chi connectivity index (χ4n) is 3.37. The molecular weight excluding hydrogens is 352 g/mol. The summed E-state index contributed by atoms with van der Waals surface area (Å²) in [5.74, 6) is -0.536. The number of alkyl carbamates (subject to hydrolysis) is 1. The Morgan fingerprint density at radius 3 is 2.37 bits per heavy atom. The number of carbonyl (C=O) groups excluding carboxylic acids is 2. The van der Waals surface area contributed by atoms with Gasteiger partial charge in [-0.3, -0.25) is 9.69 Å². The van der Waals surface area contributed by atoms with Gasteiger partial charge in [-0.1, -0.05) is 51.1 Å². The fourth-order valence-corrected chi connectivity index (χ4v) is 3.37. The van der Waals surface area contributed by atoms with Gasteiger partial charge < -0.3 is 19.9 Å². The summed E-state index contributed by atoms with van der Waals surface area (Å²) < 4.78 is 10.6. The van der Waals surface area contributed by atoms with Crippen molar-refractivity contribution in [1.82, 2.24) is 10.2 Å². The Morgan fingerprint density at radius 2 is 1.85 bits per heavy atom. The van der Waals surface area contributed by atoms with E-state index >= 15 is 0 Å². The molecule has 148 valence electrons. The molecule has 1 fully saturated rings. The van der Waals surface area contributed by atoms with Gasteiger partial charge in [0.15, 0.2) is 0 Å². The van der Waals surface area contributed by atoms with Crippen LogP contribution in [-0.4, -0.2) is 52.9 Å². The molecule has 0 spiro atoms. The molecule has 1 aliphatic rings. The minimum absolute atomic E-state index is 0.00958. The van der Waals surface area contributed by atoms with Crippen LogP contribution in [0, 0.1) is 5.41 Å². The molecule has 2 amide bonds. The number of carbonyl (C=O) groups is 3. The second kappa shape index (κ2) is 8.28. The number of hydrogen-bond acceptors (Lipinski definition) is 5. The van der Waals surface area contributed by atoms with Crippen molar-refractivity contribution < 1.29 is 29.0 Å². The molecule has 0 aromatic heterocycles. The highest BCUT2D eigenvalue weighted by molar-refractivity contribution is 5.71. The van der Waals surface area contributed by atoms with E-state index in [0.29, 0.717) is 0 Å². The molecule has 0 aliphatic carbocycles. The molecule has 1 saturated heterocycles. The molecule has 0 radical (unpaired) electrons. The molecule has 0 saturated carbocycles. The highest BCUT2D eigenvalue weighted by atomic mass is 16.6. The quantitative estimate of drug-likeness (QED) is 0.781. The summed E-state index contributed by atoms with van der Waals surface area (Å²) in [6.45, 7) is 6.94. The number of benzene rings is 1. The smallest absolute Gasteiger partial charge is 0.407 e. The number of rotatable bonds is 4. The first kappa shape index (κ1) is 20.5. The fraction of sp³-hybridized carbons (Fsp3) is 0.526. The molecule has 27 heavy (non-hydrogen) atoms. The first-order chi connectivity index (χ1) is 12.6. The minimum atomic E-state index is -1.13. The van der Waals surface area contributed by atoms with E-state index in [-0.39, 0.29) is 13.2 Å². The van der Waals surface area contributed by atoms with Crippen molar-refractivity contribution in [2.75, 3.05) is 6.54 Å². The van der Waals surface area contributed by atoms with Crippen molar-refractivity contribution >= 4 is 18.2 Å². The number of hydrogen-bond donors (Lipinski definition) is 2. The summed E-state index contributed by atoms with van der Waals surface area (Å²) in [5, 5.41) is 12.2. The first-order valence-corrected chi connectivity index (χ1v) is 8.73. The van der Waals surface area contributed by atoms with Crippen LogP contribution in [0.4, 0.5) is 9.59 Å². The number of nitrogens with one attached hydrogen (secondary N) is 1. The van der Waals surface area contributed by atoms with Gasteiger partial charge in [-0.25, -0.2) is 9.59 Å². The van der Waals surface area contributed by atoms with E-state index in [4.69, 9.17) is 9.47 Å². The molecule has 0 bridgehead atoms. The van der Waals surface area contributed by atoms with Crippen molar-refractivity contribution in [3.05, 3.63) is 35.9 Å². The number of esters is 1. The molecule has 1 aromatic rings. The van der Waals surface area contributed by atoms with Gasteiger partial charge in [-0.15, -0.1) is 0 Å². The van der Waals surface area contributed by atoms with E-state index in [9.17, 15) is 19.5 Å². The Balaban J connectivity index is 2.11.